The maximum atomic E-state index is 11.4. The van der Waals surface area contributed by atoms with E-state index in [0.29, 0.717) is 0 Å². The first-order valence-corrected chi connectivity index (χ1v) is 5.04. The van der Waals surface area contributed by atoms with Crippen molar-refractivity contribution >= 4 is 23.7 Å². The lowest BCUT2D eigenvalue weighted by molar-refractivity contribution is -0.138. The maximum Gasteiger partial charge on any atom is 0.335 e. The maximum absolute atomic E-state index is 11.4. The van der Waals surface area contributed by atoms with Crippen LogP contribution in [0.1, 0.15) is 17.3 Å². The van der Waals surface area contributed by atoms with Crippen molar-refractivity contribution in [3.05, 3.63) is 29.8 Å². The van der Waals surface area contributed by atoms with E-state index in [1.807, 2.05) is 0 Å². The summed E-state index contributed by atoms with van der Waals surface area (Å²) in [5.41, 5.74) is 0.295. The van der Waals surface area contributed by atoms with Crippen LogP contribution in [0.4, 0.5) is 10.5 Å². The molecule has 0 aliphatic carbocycles. The van der Waals surface area contributed by atoms with Crippen molar-refractivity contribution in [1.82, 2.24) is 5.32 Å². The number of rotatable bonds is 4. The summed E-state index contributed by atoms with van der Waals surface area (Å²) in [6.07, 6.45) is 0. The second-order valence-electron chi connectivity index (χ2n) is 3.54. The zero-order valence-electron chi connectivity index (χ0n) is 9.51. The quantitative estimate of drug-likeness (QED) is 0.637. The zero-order chi connectivity index (χ0) is 13.7. The Morgan fingerprint density at radius 3 is 2.44 bits per heavy atom. The van der Waals surface area contributed by atoms with E-state index < -0.39 is 24.0 Å². The molecule has 0 bridgehead atoms. The molecule has 1 aromatic rings. The van der Waals surface area contributed by atoms with Crippen LogP contribution >= 0.6 is 0 Å². The van der Waals surface area contributed by atoms with E-state index in [2.05, 4.69) is 10.6 Å². The molecule has 0 saturated heterocycles. The normalized spacial score (nSPS) is 11.4. The molecule has 0 aliphatic rings. The molecule has 1 aromatic carbocycles. The number of carboxylic acids is 2. The minimum atomic E-state index is -1.16. The van der Waals surface area contributed by atoms with Crippen LogP contribution in [-0.2, 0) is 4.79 Å². The number of hydrogen-bond acceptors (Lipinski definition) is 3. The van der Waals surface area contributed by atoms with Gasteiger partial charge >= 0.3 is 18.0 Å². The van der Waals surface area contributed by atoms with Crippen molar-refractivity contribution in [3.8, 4) is 0 Å². The van der Waals surface area contributed by atoms with E-state index in [1.54, 1.807) is 0 Å². The summed E-state index contributed by atoms with van der Waals surface area (Å²) < 4.78 is 0. The number of aliphatic carboxylic acids is 1. The topological polar surface area (TPSA) is 116 Å². The van der Waals surface area contributed by atoms with Crippen LogP contribution in [0.25, 0.3) is 0 Å². The van der Waals surface area contributed by atoms with Crippen LogP contribution in [0.2, 0.25) is 0 Å². The zero-order valence-corrected chi connectivity index (χ0v) is 9.51. The fourth-order valence-electron chi connectivity index (χ4n) is 1.16. The standard InChI is InChI=1S/C11H12N2O5/c1-6(9(14)15)12-11(18)13-8-4-2-3-7(5-8)10(16)17/h2-6H,1H3,(H,14,15)(H,16,17)(H2,12,13,18)/t6-/m0/s1. The summed E-state index contributed by atoms with van der Waals surface area (Å²) in [5.74, 6) is -2.28. The van der Waals surface area contributed by atoms with Gasteiger partial charge in [-0.1, -0.05) is 6.07 Å². The van der Waals surface area contributed by atoms with Crippen LogP contribution < -0.4 is 10.6 Å². The molecular weight excluding hydrogens is 240 g/mol. The van der Waals surface area contributed by atoms with Gasteiger partial charge in [-0.3, -0.25) is 4.79 Å². The van der Waals surface area contributed by atoms with Gasteiger partial charge in [0.1, 0.15) is 6.04 Å². The summed E-state index contributed by atoms with van der Waals surface area (Å²) in [5, 5.41) is 21.9. The summed E-state index contributed by atoms with van der Waals surface area (Å²) in [6, 6.07) is 3.87. The molecule has 0 spiro atoms. The number of hydrogen-bond donors (Lipinski definition) is 4. The van der Waals surface area contributed by atoms with E-state index in [0.717, 1.165) is 0 Å². The summed E-state index contributed by atoms with van der Waals surface area (Å²) in [4.78, 5) is 32.6. The minimum absolute atomic E-state index is 0.0269. The van der Waals surface area contributed by atoms with E-state index in [-0.39, 0.29) is 11.3 Å². The third-order valence-electron chi connectivity index (χ3n) is 2.09. The van der Waals surface area contributed by atoms with Gasteiger partial charge in [-0.15, -0.1) is 0 Å². The average Bonchev–Trinajstić information content (AvgIpc) is 2.28. The number of nitrogens with one attached hydrogen (secondary N) is 2. The fraction of sp³-hybridized carbons (Fsp3) is 0.182. The number of carbonyl (C=O) groups excluding carboxylic acids is 1. The Morgan fingerprint density at radius 2 is 1.89 bits per heavy atom. The second-order valence-corrected chi connectivity index (χ2v) is 3.54. The summed E-state index contributed by atoms with van der Waals surface area (Å²) in [6.45, 7) is 1.32. The van der Waals surface area contributed by atoms with Gasteiger partial charge in [0.15, 0.2) is 0 Å². The Hall–Kier alpha value is -2.57. The molecule has 4 N–H and O–H groups in total. The predicted molar refractivity (Wildman–Crippen MR) is 62.7 cm³/mol. The number of aromatic carboxylic acids is 1. The molecule has 0 aromatic heterocycles. The van der Waals surface area contributed by atoms with Crippen molar-refractivity contribution in [1.29, 1.82) is 0 Å². The van der Waals surface area contributed by atoms with Gasteiger partial charge in [0.25, 0.3) is 0 Å². The number of benzene rings is 1. The van der Waals surface area contributed by atoms with E-state index in [4.69, 9.17) is 10.2 Å². The van der Waals surface area contributed by atoms with Crippen LogP contribution in [0.3, 0.4) is 0 Å². The lowest BCUT2D eigenvalue weighted by Crippen LogP contribution is -2.40. The van der Waals surface area contributed by atoms with Crippen LogP contribution in [0.5, 0.6) is 0 Å². The Balaban J connectivity index is 2.67. The van der Waals surface area contributed by atoms with Gasteiger partial charge in [-0.2, -0.15) is 0 Å². The molecule has 0 fully saturated rings. The van der Waals surface area contributed by atoms with Gasteiger partial charge in [-0.25, -0.2) is 9.59 Å². The van der Waals surface area contributed by atoms with Crippen molar-refractivity contribution < 1.29 is 24.6 Å². The lowest BCUT2D eigenvalue weighted by atomic mass is 10.2. The third-order valence-corrected chi connectivity index (χ3v) is 2.09. The fourth-order valence-corrected chi connectivity index (χ4v) is 1.16. The van der Waals surface area contributed by atoms with Gasteiger partial charge in [0, 0.05) is 5.69 Å². The van der Waals surface area contributed by atoms with Gasteiger partial charge in [0.2, 0.25) is 0 Å². The molecule has 0 radical (unpaired) electrons. The highest BCUT2D eigenvalue weighted by atomic mass is 16.4. The first-order chi connectivity index (χ1) is 8.40. The largest absolute Gasteiger partial charge is 0.480 e. The van der Waals surface area contributed by atoms with Crippen LogP contribution in [0.15, 0.2) is 24.3 Å². The first kappa shape index (κ1) is 13.5. The molecule has 1 rings (SSSR count). The van der Waals surface area contributed by atoms with Crippen molar-refractivity contribution in [2.45, 2.75) is 13.0 Å². The molecular formula is C11H12N2O5. The molecule has 0 aliphatic heterocycles. The van der Waals surface area contributed by atoms with Crippen LogP contribution in [-0.4, -0.2) is 34.2 Å². The highest BCUT2D eigenvalue weighted by Gasteiger charge is 2.14. The first-order valence-electron chi connectivity index (χ1n) is 5.04. The SMILES string of the molecule is C[C@H](NC(=O)Nc1cccc(C(=O)O)c1)C(=O)O. The van der Waals surface area contributed by atoms with Crippen molar-refractivity contribution in [2.24, 2.45) is 0 Å². The molecule has 18 heavy (non-hydrogen) atoms. The predicted octanol–water partition coefficient (Wildman–Crippen LogP) is 0.979. The number of carbonyl (C=O) groups is 3. The van der Waals surface area contributed by atoms with Crippen molar-refractivity contribution in [2.75, 3.05) is 5.32 Å². The molecule has 0 saturated carbocycles. The Kier molecular flexibility index (Phi) is 4.25. The monoisotopic (exact) mass is 252 g/mol. The molecule has 96 valence electrons. The Labute approximate surface area is 102 Å². The lowest BCUT2D eigenvalue weighted by Gasteiger charge is -2.10. The molecule has 0 unspecified atom stereocenters. The summed E-state index contributed by atoms with van der Waals surface area (Å²) in [7, 11) is 0. The molecule has 0 heterocycles. The minimum Gasteiger partial charge on any atom is -0.480 e. The number of carboxylic acid groups (broad SMARTS) is 2. The number of anilines is 1. The van der Waals surface area contributed by atoms with Crippen LogP contribution in [0, 0.1) is 0 Å². The molecule has 2 amide bonds. The van der Waals surface area contributed by atoms with Gasteiger partial charge < -0.3 is 20.8 Å². The van der Waals surface area contributed by atoms with Gasteiger partial charge in [-0.05, 0) is 25.1 Å². The summed E-state index contributed by atoms with van der Waals surface area (Å²) >= 11 is 0. The second kappa shape index (κ2) is 5.67. The van der Waals surface area contributed by atoms with E-state index in [9.17, 15) is 14.4 Å². The van der Waals surface area contributed by atoms with E-state index >= 15 is 0 Å². The molecule has 7 nitrogen and oxygen atoms in total. The van der Waals surface area contributed by atoms with Gasteiger partial charge in [0.05, 0.1) is 5.56 Å². The molecule has 7 heteroatoms. The third kappa shape index (κ3) is 3.78. The average molecular weight is 252 g/mol. The van der Waals surface area contributed by atoms with Crippen molar-refractivity contribution in [3.63, 3.8) is 0 Å². The highest BCUT2D eigenvalue weighted by molar-refractivity contribution is 5.94. The Morgan fingerprint density at radius 1 is 1.22 bits per heavy atom. The number of urea groups is 1. The molecule has 1 atom stereocenters. The van der Waals surface area contributed by atoms with E-state index in [1.165, 1.54) is 31.2 Å². The Bertz CT molecular complexity index is 486. The number of amides is 2. The smallest absolute Gasteiger partial charge is 0.335 e. The highest BCUT2D eigenvalue weighted by Crippen LogP contribution is 2.10.